The quantitative estimate of drug-likeness (QED) is 0.326. The lowest BCUT2D eigenvalue weighted by Gasteiger charge is -2.36. The van der Waals surface area contributed by atoms with Gasteiger partial charge in [0.05, 0.1) is 36.2 Å². The van der Waals surface area contributed by atoms with Gasteiger partial charge in [0.1, 0.15) is 5.69 Å². The van der Waals surface area contributed by atoms with Gasteiger partial charge in [-0.05, 0) is 32.0 Å². The number of amides is 1. The van der Waals surface area contributed by atoms with Crippen LogP contribution in [0.2, 0.25) is 0 Å². The molecule has 38 heavy (non-hydrogen) atoms. The minimum atomic E-state index is -0.207. The molecule has 1 saturated heterocycles. The number of benzene rings is 1. The molecule has 11 heteroatoms. The topological polar surface area (TPSA) is 116 Å². The Bertz CT molecular complexity index is 1440. The van der Waals surface area contributed by atoms with Crippen molar-refractivity contribution in [3.8, 4) is 17.1 Å². The van der Waals surface area contributed by atoms with Crippen LogP contribution in [0.5, 0.6) is 5.88 Å². The molecule has 200 valence electrons. The summed E-state index contributed by atoms with van der Waals surface area (Å²) in [4.78, 5) is 30.5. The third kappa shape index (κ3) is 5.07. The summed E-state index contributed by atoms with van der Waals surface area (Å²) in [5.41, 5.74) is 4.95. The van der Waals surface area contributed by atoms with E-state index in [1.807, 2.05) is 51.5 Å². The molecule has 4 aromatic rings. The summed E-state index contributed by atoms with van der Waals surface area (Å²) in [5.74, 6) is 0.897. The fourth-order valence-electron chi connectivity index (χ4n) is 4.92. The van der Waals surface area contributed by atoms with Gasteiger partial charge in [-0.1, -0.05) is 19.1 Å². The van der Waals surface area contributed by atoms with Gasteiger partial charge in [0, 0.05) is 56.6 Å². The maximum atomic E-state index is 13.2. The van der Waals surface area contributed by atoms with Gasteiger partial charge in [-0.15, -0.1) is 5.10 Å². The van der Waals surface area contributed by atoms with E-state index in [0.29, 0.717) is 17.5 Å². The van der Waals surface area contributed by atoms with Crippen LogP contribution in [0.1, 0.15) is 19.4 Å². The number of nitrogens with one attached hydrogen (secondary N) is 3. The molecule has 0 spiro atoms. The Morgan fingerprint density at radius 1 is 1.21 bits per heavy atom. The molecule has 0 saturated carbocycles. The van der Waals surface area contributed by atoms with Crippen molar-refractivity contribution in [1.82, 2.24) is 34.5 Å². The zero-order valence-corrected chi connectivity index (χ0v) is 22.6. The fourth-order valence-corrected chi connectivity index (χ4v) is 4.92. The van der Waals surface area contributed by atoms with Crippen LogP contribution in [0.25, 0.3) is 22.2 Å². The first-order chi connectivity index (χ1) is 18.4. The molecule has 1 fully saturated rings. The smallest absolute Gasteiger partial charge is 0.256 e. The molecule has 0 radical (unpaired) electrons. The van der Waals surface area contributed by atoms with Crippen molar-refractivity contribution < 1.29 is 9.53 Å². The number of nitrogens with zero attached hydrogens (tertiary/aromatic N) is 6. The Morgan fingerprint density at radius 2 is 2.00 bits per heavy atom. The Morgan fingerprint density at radius 3 is 2.74 bits per heavy atom. The number of aromatic amines is 1. The van der Waals surface area contributed by atoms with Crippen LogP contribution >= 0.6 is 0 Å². The molecular formula is C27H35N9O2. The predicted octanol–water partition coefficient (Wildman–Crippen LogP) is 3.38. The van der Waals surface area contributed by atoms with E-state index in [4.69, 9.17) is 9.72 Å². The van der Waals surface area contributed by atoms with Gasteiger partial charge in [-0.25, -0.2) is 9.97 Å². The van der Waals surface area contributed by atoms with Crippen LogP contribution in [-0.2, 0) is 11.8 Å². The van der Waals surface area contributed by atoms with Crippen molar-refractivity contribution in [3.63, 3.8) is 0 Å². The number of hydrogen-bond donors (Lipinski definition) is 3. The number of likely N-dealkylation sites (N-methyl/N-ethyl adjacent to an activating group) is 1. The normalized spacial score (nSPS) is 15.5. The van der Waals surface area contributed by atoms with Crippen LogP contribution in [-0.4, -0.2) is 86.3 Å². The standard InChI is InChI=1S/C27H35N9O2/c1-6-35-10-12-36(13-11-35)18(3)25(37)30-21-9-7-8-19-20(15-28-24(19)21)23-17(2)14-29-27(32-23)31-22-16-34(4)33-26(22)38-5/h7-9,14-16,18,28H,6,10-13H2,1-5H3,(H,30,37)(H,29,31,32). The number of piperazine rings is 1. The third-order valence-electron chi connectivity index (χ3n) is 7.22. The van der Waals surface area contributed by atoms with Gasteiger partial charge >= 0.3 is 0 Å². The highest BCUT2D eigenvalue weighted by Crippen LogP contribution is 2.34. The lowest BCUT2D eigenvalue weighted by molar-refractivity contribution is -0.121. The van der Waals surface area contributed by atoms with E-state index in [-0.39, 0.29) is 11.9 Å². The molecule has 1 atom stereocenters. The van der Waals surface area contributed by atoms with E-state index < -0.39 is 0 Å². The van der Waals surface area contributed by atoms with Crippen molar-refractivity contribution in [3.05, 3.63) is 42.4 Å². The molecule has 1 unspecified atom stereocenters. The van der Waals surface area contributed by atoms with Crippen molar-refractivity contribution in [2.24, 2.45) is 7.05 Å². The van der Waals surface area contributed by atoms with Gasteiger partial charge in [-0.3, -0.25) is 14.4 Å². The van der Waals surface area contributed by atoms with Gasteiger partial charge in [0.15, 0.2) is 0 Å². The summed E-state index contributed by atoms with van der Waals surface area (Å²) < 4.78 is 7.00. The summed E-state index contributed by atoms with van der Waals surface area (Å²) in [7, 11) is 3.40. The van der Waals surface area contributed by atoms with Crippen LogP contribution in [0.4, 0.5) is 17.3 Å². The van der Waals surface area contributed by atoms with E-state index in [0.717, 1.165) is 66.1 Å². The summed E-state index contributed by atoms with van der Waals surface area (Å²) in [6.45, 7) is 11.0. The SMILES string of the molecule is CCN1CCN(C(C)C(=O)Nc2cccc3c(-c4nc(Nc5cn(C)nc5OC)ncc4C)c[nH]c23)CC1. The second-order valence-electron chi connectivity index (χ2n) is 9.64. The van der Waals surface area contributed by atoms with Gasteiger partial charge in [-0.2, -0.15) is 0 Å². The van der Waals surface area contributed by atoms with Crippen LogP contribution in [0.15, 0.2) is 36.8 Å². The molecule has 4 heterocycles. The number of hydrogen-bond acceptors (Lipinski definition) is 8. The van der Waals surface area contributed by atoms with Crippen molar-refractivity contribution >= 4 is 34.1 Å². The summed E-state index contributed by atoms with van der Waals surface area (Å²) in [6.07, 6.45) is 5.53. The molecule has 11 nitrogen and oxygen atoms in total. The Hall–Kier alpha value is -3.96. The first kappa shape index (κ1) is 25.7. The average molecular weight is 518 g/mol. The number of fused-ring (bicyclic) bond motifs is 1. The number of aromatic nitrogens is 5. The van der Waals surface area contributed by atoms with E-state index >= 15 is 0 Å². The second-order valence-corrected chi connectivity index (χ2v) is 9.64. The van der Waals surface area contributed by atoms with Crippen LogP contribution < -0.4 is 15.4 Å². The number of rotatable bonds is 8. The fraction of sp³-hybridized carbons (Fsp3) is 0.407. The summed E-state index contributed by atoms with van der Waals surface area (Å²) in [6, 6.07) is 5.71. The zero-order chi connectivity index (χ0) is 26.8. The van der Waals surface area contributed by atoms with E-state index in [1.165, 1.54) is 0 Å². The van der Waals surface area contributed by atoms with Gasteiger partial charge in [0.2, 0.25) is 11.9 Å². The number of para-hydroxylation sites is 1. The highest BCUT2D eigenvalue weighted by molar-refractivity contribution is 6.06. The third-order valence-corrected chi connectivity index (χ3v) is 7.22. The highest BCUT2D eigenvalue weighted by Gasteiger charge is 2.26. The van der Waals surface area contributed by atoms with E-state index in [9.17, 15) is 4.79 Å². The Balaban J connectivity index is 1.38. The molecule has 5 rings (SSSR count). The number of anilines is 3. The molecule has 1 aliphatic heterocycles. The molecule has 0 bridgehead atoms. The van der Waals surface area contributed by atoms with Crippen molar-refractivity contribution in [2.75, 3.05) is 50.5 Å². The molecule has 3 aromatic heterocycles. The molecule has 3 N–H and O–H groups in total. The Kier molecular flexibility index (Phi) is 7.30. The van der Waals surface area contributed by atoms with E-state index in [1.54, 1.807) is 18.0 Å². The molecular weight excluding hydrogens is 482 g/mol. The van der Waals surface area contributed by atoms with Gasteiger partial charge < -0.3 is 25.3 Å². The number of ether oxygens (including phenoxy) is 1. The minimum Gasteiger partial charge on any atom is -0.478 e. The van der Waals surface area contributed by atoms with Crippen LogP contribution in [0.3, 0.4) is 0 Å². The van der Waals surface area contributed by atoms with Crippen molar-refractivity contribution in [1.29, 1.82) is 0 Å². The Labute approximate surface area is 222 Å². The zero-order valence-electron chi connectivity index (χ0n) is 22.6. The molecule has 1 amide bonds. The number of aryl methyl sites for hydroxylation is 2. The number of methoxy groups -OCH3 is 1. The molecule has 1 aliphatic rings. The molecule has 0 aliphatic carbocycles. The minimum absolute atomic E-state index is 0.00582. The maximum absolute atomic E-state index is 13.2. The first-order valence-electron chi connectivity index (χ1n) is 12.9. The summed E-state index contributed by atoms with van der Waals surface area (Å²) in [5, 5.41) is 11.6. The van der Waals surface area contributed by atoms with Gasteiger partial charge in [0.25, 0.3) is 5.88 Å². The number of carbonyl (C=O) groups excluding carboxylic acids is 1. The highest BCUT2D eigenvalue weighted by atomic mass is 16.5. The lowest BCUT2D eigenvalue weighted by atomic mass is 10.1. The largest absolute Gasteiger partial charge is 0.478 e. The van der Waals surface area contributed by atoms with Crippen LogP contribution in [0, 0.1) is 6.92 Å². The number of carbonyl (C=O) groups is 1. The van der Waals surface area contributed by atoms with E-state index in [2.05, 4.69) is 42.4 Å². The predicted molar refractivity (Wildman–Crippen MR) is 149 cm³/mol. The van der Waals surface area contributed by atoms with Crippen molar-refractivity contribution in [2.45, 2.75) is 26.8 Å². The average Bonchev–Trinajstić information content (AvgIpc) is 3.52. The second kappa shape index (κ2) is 10.8. The lowest BCUT2D eigenvalue weighted by Crippen LogP contribution is -2.52. The monoisotopic (exact) mass is 517 g/mol. The number of H-pyrrole nitrogens is 1. The first-order valence-corrected chi connectivity index (χ1v) is 12.9. The summed E-state index contributed by atoms with van der Waals surface area (Å²) >= 11 is 0. The molecule has 1 aromatic carbocycles. The maximum Gasteiger partial charge on any atom is 0.256 e.